The second-order valence-corrected chi connectivity index (χ2v) is 5.46. The molecule has 126 valence electrons. The summed E-state index contributed by atoms with van der Waals surface area (Å²) in [6, 6.07) is 3.11. The molecule has 1 atom stereocenters. The highest BCUT2D eigenvalue weighted by Gasteiger charge is 2.19. The van der Waals surface area contributed by atoms with Crippen LogP contribution in [0.4, 0.5) is 8.78 Å². The number of nitrogens with one attached hydrogen (secondary N) is 1. The molecule has 7 heteroatoms. The number of hydrogen-bond acceptors (Lipinski definition) is 3. The van der Waals surface area contributed by atoms with Gasteiger partial charge in [-0.15, -0.1) is 0 Å². The van der Waals surface area contributed by atoms with Crippen molar-refractivity contribution in [2.24, 2.45) is 0 Å². The first-order valence-electron chi connectivity index (χ1n) is 7.64. The molecule has 0 spiro atoms. The summed E-state index contributed by atoms with van der Waals surface area (Å²) in [7, 11) is 0. The van der Waals surface area contributed by atoms with Gasteiger partial charge in [-0.25, -0.2) is 8.78 Å². The van der Waals surface area contributed by atoms with E-state index in [0.29, 0.717) is 25.9 Å². The van der Waals surface area contributed by atoms with Crippen LogP contribution in [0.25, 0.3) is 0 Å². The van der Waals surface area contributed by atoms with Gasteiger partial charge in [0.1, 0.15) is 5.75 Å². The molecule has 5 nitrogen and oxygen atoms in total. The van der Waals surface area contributed by atoms with Crippen molar-refractivity contribution < 1.29 is 23.1 Å². The molecular formula is C16H20F2N2O3. The topological polar surface area (TPSA) is 58.6 Å². The smallest absolute Gasteiger partial charge is 0.260 e. The lowest BCUT2D eigenvalue weighted by Crippen LogP contribution is -2.38. The highest BCUT2D eigenvalue weighted by molar-refractivity contribution is 5.80. The number of ether oxygens (including phenoxy) is 1. The molecule has 0 unspecified atom stereocenters. The third-order valence-corrected chi connectivity index (χ3v) is 3.65. The van der Waals surface area contributed by atoms with Crippen molar-refractivity contribution in [3.63, 3.8) is 0 Å². The maximum Gasteiger partial charge on any atom is 0.260 e. The van der Waals surface area contributed by atoms with Crippen molar-refractivity contribution in [3.05, 3.63) is 29.8 Å². The van der Waals surface area contributed by atoms with Gasteiger partial charge in [-0.3, -0.25) is 9.59 Å². The van der Waals surface area contributed by atoms with Crippen LogP contribution < -0.4 is 10.1 Å². The van der Waals surface area contributed by atoms with Gasteiger partial charge < -0.3 is 15.0 Å². The zero-order chi connectivity index (χ0) is 16.8. The third-order valence-electron chi connectivity index (χ3n) is 3.65. The van der Waals surface area contributed by atoms with Crippen LogP contribution in [0.1, 0.15) is 26.2 Å². The lowest BCUT2D eigenvalue weighted by atomic mass is 10.3. The molecule has 0 aromatic heterocycles. The molecule has 1 aromatic rings. The molecule has 1 aromatic carbocycles. The predicted molar refractivity (Wildman–Crippen MR) is 79.9 cm³/mol. The fraction of sp³-hybridized carbons (Fsp3) is 0.500. The molecule has 2 amide bonds. The van der Waals surface area contributed by atoms with Gasteiger partial charge in [0.15, 0.2) is 17.7 Å². The summed E-state index contributed by atoms with van der Waals surface area (Å²) in [6.07, 6.45) is 1.33. The van der Waals surface area contributed by atoms with E-state index in [1.807, 2.05) is 0 Å². The molecule has 0 bridgehead atoms. The van der Waals surface area contributed by atoms with Gasteiger partial charge in [-0.05, 0) is 31.9 Å². The summed E-state index contributed by atoms with van der Waals surface area (Å²) in [6.45, 7) is 3.36. The van der Waals surface area contributed by atoms with Gasteiger partial charge >= 0.3 is 0 Å². The first-order chi connectivity index (χ1) is 11.0. The first kappa shape index (κ1) is 17.2. The van der Waals surface area contributed by atoms with Crippen LogP contribution in [0.2, 0.25) is 0 Å². The number of likely N-dealkylation sites (tertiary alicyclic amines) is 1. The number of rotatable bonds is 7. The summed E-state index contributed by atoms with van der Waals surface area (Å²) in [5.41, 5.74) is 0. The Morgan fingerprint density at radius 1 is 1.39 bits per heavy atom. The van der Waals surface area contributed by atoms with Gasteiger partial charge in [0.2, 0.25) is 5.91 Å². The second-order valence-electron chi connectivity index (χ2n) is 5.46. The average Bonchev–Trinajstić information content (AvgIpc) is 2.92. The van der Waals surface area contributed by atoms with E-state index in [1.54, 1.807) is 4.90 Å². The van der Waals surface area contributed by atoms with Crippen molar-refractivity contribution in [2.75, 3.05) is 19.6 Å². The van der Waals surface area contributed by atoms with Crippen molar-refractivity contribution in [3.8, 4) is 5.75 Å². The van der Waals surface area contributed by atoms with Gasteiger partial charge in [0, 0.05) is 32.1 Å². The van der Waals surface area contributed by atoms with E-state index >= 15 is 0 Å². The number of benzene rings is 1. The monoisotopic (exact) mass is 326 g/mol. The zero-order valence-electron chi connectivity index (χ0n) is 13.0. The number of nitrogens with zero attached hydrogens (tertiary/aromatic N) is 1. The Hall–Kier alpha value is -2.18. The van der Waals surface area contributed by atoms with E-state index in [4.69, 9.17) is 4.74 Å². The van der Waals surface area contributed by atoms with E-state index in [9.17, 15) is 18.4 Å². The van der Waals surface area contributed by atoms with Crippen LogP contribution in [0.15, 0.2) is 18.2 Å². The van der Waals surface area contributed by atoms with Crippen LogP contribution in [0, 0.1) is 11.6 Å². The average molecular weight is 326 g/mol. The Bertz CT molecular complexity index is 580. The fourth-order valence-electron chi connectivity index (χ4n) is 2.37. The molecule has 1 aliphatic rings. The summed E-state index contributed by atoms with van der Waals surface area (Å²) in [5.74, 6) is -2.08. The minimum atomic E-state index is -1.02. The summed E-state index contributed by atoms with van der Waals surface area (Å²) >= 11 is 0. The minimum absolute atomic E-state index is 0.0919. The molecule has 1 saturated heterocycles. The molecular weight excluding hydrogens is 306 g/mol. The predicted octanol–water partition coefficient (Wildman–Crippen LogP) is 1.86. The molecule has 0 aliphatic carbocycles. The fourth-order valence-corrected chi connectivity index (χ4v) is 2.37. The second kappa shape index (κ2) is 7.89. The first-order valence-corrected chi connectivity index (χ1v) is 7.64. The Balaban J connectivity index is 1.70. The van der Waals surface area contributed by atoms with Crippen LogP contribution in [0.5, 0.6) is 5.75 Å². The summed E-state index contributed by atoms with van der Waals surface area (Å²) in [5, 5.41) is 2.70. The number of amides is 2. The van der Waals surface area contributed by atoms with Gasteiger partial charge in [0.25, 0.3) is 5.91 Å². The summed E-state index contributed by atoms with van der Waals surface area (Å²) < 4.78 is 31.2. The van der Waals surface area contributed by atoms with Crippen molar-refractivity contribution in [1.82, 2.24) is 10.2 Å². The Morgan fingerprint density at radius 2 is 2.17 bits per heavy atom. The highest BCUT2D eigenvalue weighted by atomic mass is 19.2. The largest absolute Gasteiger partial charge is 0.481 e. The molecule has 1 heterocycles. The lowest BCUT2D eigenvalue weighted by Gasteiger charge is -2.17. The van der Waals surface area contributed by atoms with Crippen LogP contribution >= 0.6 is 0 Å². The van der Waals surface area contributed by atoms with Gasteiger partial charge in [-0.2, -0.15) is 0 Å². The zero-order valence-corrected chi connectivity index (χ0v) is 13.0. The Labute approximate surface area is 133 Å². The van der Waals surface area contributed by atoms with E-state index in [0.717, 1.165) is 25.1 Å². The van der Waals surface area contributed by atoms with E-state index in [2.05, 4.69) is 5.32 Å². The Kier molecular flexibility index (Phi) is 5.90. The van der Waals surface area contributed by atoms with E-state index < -0.39 is 17.7 Å². The van der Waals surface area contributed by atoms with E-state index in [-0.39, 0.29) is 17.6 Å². The normalized spacial score (nSPS) is 15.6. The number of hydrogen-bond donors (Lipinski definition) is 1. The third kappa shape index (κ3) is 4.91. The van der Waals surface area contributed by atoms with Crippen LogP contribution in [-0.2, 0) is 9.59 Å². The van der Waals surface area contributed by atoms with Crippen molar-refractivity contribution >= 4 is 11.8 Å². The minimum Gasteiger partial charge on any atom is -0.481 e. The number of halogens is 2. The Morgan fingerprint density at radius 3 is 2.83 bits per heavy atom. The molecule has 2 rings (SSSR count). The van der Waals surface area contributed by atoms with Gasteiger partial charge in [-0.1, -0.05) is 0 Å². The summed E-state index contributed by atoms with van der Waals surface area (Å²) in [4.78, 5) is 25.1. The van der Waals surface area contributed by atoms with Crippen LogP contribution in [-0.4, -0.2) is 42.5 Å². The van der Waals surface area contributed by atoms with Crippen LogP contribution in [0.3, 0.4) is 0 Å². The molecule has 1 fully saturated rings. The maximum absolute atomic E-state index is 13.1. The molecule has 1 N–H and O–H groups in total. The van der Waals surface area contributed by atoms with Gasteiger partial charge in [0.05, 0.1) is 0 Å². The SMILES string of the molecule is C[C@H](Oc1ccc(F)c(F)c1)C(=O)NCCCN1CCCC1=O. The van der Waals surface area contributed by atoms with Crippen molar-refractivity contribution in [1.29, 1.82) is 0 Å². The van der Waals surface area contributed by atoms with E-state index in [1.165, 1.54) is 13.0 Å². The lowest BCUT2D eigenvalue weighted by molar-refractivity contribution is -0.127. The highest BCUT2D eigenvalue weighted by Crippen LogP contribution is 2.16. The number of carbonyl (C=O) groups is 2. The standard InChI is InChI=1S/C16H20F2N2O3/c1-11(23-12-5-6-13(17)14(18)10-12)16(22)19-7-3-9-20-8-2-4-15(20)21/h5-6,10-11H,2-4,7-9H2,1H3,(H,19,22)/t11-/m0/s1. The number of carbonyl (C=O) groups excluding carboxylic acids is 2. The molecule has 23 heavy (non-hydrogen) atoms. The molecule has 0 saturated carbocycles. The maximum atomic E-state index is 13.1. The molecule has 1 aliphatic heterocycles. The quantitative estimate of drug-likeness (QED) is 0.778. The van der Waals surface area contributed by atoms with Crippen molar-refractivity contribution in [2.45, 2.75) is 32.3 Å². The molecule has 0 radical (unpaired) electrons.